The van der Waals surface area contributed by atoms with Crippen molar-refractivity contribution in [3.63, 3.8) is 0 Å². The van der Waals surface area contributed by atoms with Crippen molar-refractivity contribution in [3.05, 3.63) is 28.8 Å². The maximum Gasteiger partial charge on any atom is 0.0410 e. The van der Waals surface area contributed by atoms with Crippen LogP contribution in [0.3, 0.4) is 0 Å². The van der Waals surface area contributed by atoms with Gasteiger partial charge in [-0.15, -0.1) is 0 Å². The molecule has 0 saturated carbocycles. The minimum atomic E-state index is 0.314. The number of benzene rings is 1. The van der Waals surface area contributed by atoms with Gasteiger partial charge in [0, 0.05) is 29.7 Å². The molecule has 3 rings (SSSR count). The smallest absolute Gasteiger partial charge is 0.0410 e. The van der Waals surface area contributed by atoms with Gasteiger partial charge in [-0.25, -0.2) is 0 Å². The molecule has 2 heterocycles. The van der Waals surface area contributed by atoms with Crippen LogP contribution < -0.4 is 10.6 Å². The quantitative estimate of drug-likeness (QED) is 0.929. The predicted octanol–water partition coefficient (Wildman–Crippen LogP) is 2.47. The standard InChI is InChI=1S/C16H24ClN3/c1-19-12-16(14-11-13(17)3-4-15(14)19)5-9-20(10-6-16)8-2-7-18/h3-4,11H,2,5-10,12,18H2,1H3. The number of nitrogens with two attached hydrogens (primary N) is 1. The third kappa shape index (κ3) is 2.43. The Hall–Kier alpha value is -0.770. The lowest BCUT2D eigenvalue weighted by atomic mass is 9.74. The molecule has 0 aliphatic carbocycles. The van der Waals surface area contributed by atoms with E-state index in [1.807, 2.05) is 6.07 Å². The highest BCUT2D eigenvalue weighted by molar-refractivity contribution is 6.30. The van der Waals surface area contributed by atoms with E-state index in [4.69, 9.17) is 17.3 Å². The number of anilines is 1. The maximum absolute atomic E-state index is 6.23. The van der Waals surface area contributed by atoms with Crippen LogP contribution in [-0.4, -0.2) is 44.7 Å². The Morgan fingerprint density at radius 2 is 2.05 bits per heavy atom. The molecule has 2 aliphatic rings. The molecule has 2 aliphatic heterocycles. The fraction of sp³-hybridized carbons (Fsp3) is 0.625. The Bertz CT molecular complexity index is 481. The first-order valence-electron chi connectivity index (χ1n) is 7.58. The number of likely N-dealkylation sites (N-methyl/N-ethyl adjacent to an activating group) is 1. The summed E-state index contributed by atoms with van der Waals surface area (Å²) in [7, 11) is 2.20. The van der Waals surface area contributed by atoms with E-state index in [-0.39, 0.29) is 0 Å². The topological polar surface area (TPSA) is 32.5 Å². The molecule has 0 amide bonds. The fourth-order valence-corrected chi connectivity index (χ4v) is 4.01. The van der Waals surface area contributed by atoms with Gasteiger partial charge in [0.05, 0.1) is 0 Å². The molecule has 1 spiro atoms. The lowest BCUT2D eigenvalue weighted by Crippen LogP contribution is -2.45. The van der Waals surface area contributed by atoms with E-state index in [0.29, 0.717) is 5.41 Å². The molecule has 1 aromatic carbocycles. The van der Waals surface area contributed by atoms with Crippen LogP contribution in [-0.2, 0) is 5.41 Å². The van der Waals surface area contributed by atoms with Gasteiger partial charge in [-0.2, -0.15) is 0 Å². The zero-order valence-corrected chi connectivity index (χ0v) is 13.0. The molecule has 20 heavy (non-hydrogen) atoms. The third-order valence-corrected chi connectivity index (χ3v) is 5.21. The summed E-state index contributed by atoms with van der Waals surface area (Å²) < 4.78 is 0. The third-order valence-electron chi connectivity index (χ3n) is 4.97. The molecule has 1 saturated heterocycles. The second kappa shape index (κ2) is 5.55. The molecule has 3 nitrogen and oxygen atoms in total. The van der Waals surface area contributed by atoms with E-state index >= 15 is 0 Å². The summed E-state index contributed by atoms with van der Waals surface area (Å²) in [5.74, 6) is 0. The Balaban J connectivity index is 1.78. The van der Waals surface area contributed by atoms with Crippen LogP contribution >= 0.6 is 11.6 Å². The van der Waals surface area contributed by atoms with Crippen molar-refractivity contribution in [1.29, 1.82) is 0 Å². The highest BCUT2D eigenvalue weighted by Crippen LogP contribution is 2.47. The summed E-state index contributed by atoms with van der Waals surface area (Å²) in [6.45, 7) is 5.43. The van der Waals surface area contributed by atoms with Gasteiger partial charge in [-0.05, 0) is 69.2 Å². The van der Waals surface area contributed by atoms with E-state index in [0.717, 1.165) is 31.1 Å². The minimum absolute atomic E-state index is 0.314. The molecule has 0 aromatic heterocycles. The average molecular weight is 294 g/mol. The summed E-state index contributed by atoms with van der Waals surface area (Å²) >= 11 is 6.23. The first-order chi connectivity index (χ1) is 9.64. The van der Waals surface area contributed by atoms with Crippen LogP contribution in [0.4, 0.5) is 5.69 Å². The van der Waals surface area contributed by atoms with Crippen molar-refractivity contribution in [2.75, 3.05) is 44.7 Å². The van der Waals surface area contributed by atoms with E-state index in [2.05, 4.69) is 29.0 Å². The van der Waals surface area contributed by atoms with Crippen molar-refractivity contribution in [3.8, 4) is 0 Å². The number of nitrogens with zero attached hydrogens (tertiary/aromatic N) is 2. The summed E-state index contributed by atoms with van der Waals surface area (Å²) in [5.41, 5.74) is 8.75. The van der Waals surface area contributed by atoms with Crippen molar-refractivity contribution in [1.82, 2.24) is 4.90 Å². The molecule has 0 unspecified atom stereocenters. The van der Waals surface area contributed by atoms with Crippen molar-refractivity contribution in [2.24, 2.45) is 5.73 Å². The lowest BCUT2D eigenvalue weighted by Gasteiger charge is -2.40. The van der Waals surface area contributed by atoms with E-state index in [1.54, 1.807) is 0 Å². The van der Waals surface area contributed by atoms with Gasteiger partial charge in [0.15, 0.2) is 0 Å². The van der Waals surface area contributed by atoms with Crippen molar-refractivity contribution >= 4 is 17.3 Å². The van der Waals surface area contributed by atoms with Gasteiger partial charge < -0.3 is 15.5 Å². The lowest BCUT2D eigenvalue weighted by molar-refractivity contribution is 0.166. The number of halogens is 1. The molecule has 1 aromatic rings. The van der Waals surface area contributed by atoms with Gasteiger partial charge in [-0.3, -0.25) is 0 Å². The Labute approximate surface area is 126 Å². The Kier molecular flexibility index (Phi) is 3.93. The molecule has 1 fully saturated rings. The highest BCUT2D eigenvalue weighted by Gasteiger charge is 2.43. The summed E-state index contributed by atoms with van der Waals surface area (Å²) in [6.07, 6.45) is 3.57. The largest absolute Gasteiger partial charge is 0.373 e. The second-order valence-corrected chi connectivity index (χ2v) is 6.72. The van der Waals surface area contributed by atoms with Gasteiger partial charge in [0.25, 0.3) is 0 Å². The van der Waals surface area contributed by atoms with Gasteiger partial charge >= 0.3 is 0 Å². The Morgan fingerprint density at radius 1 is 1.30 bits per heavy atom. The van der Waals surface area contributed by atoms with Crippen LogP contribution in [0.2, 0.25) is 5.02 Å². The van der Waals surface area contributed by atoms with Gasteiger partial charge in [-0.1, -0.05) is 11.6 Å². The average Bonchev–Trinajstić information content (AvgIpc) is 2.71. The van der Waals surface area contributed by atoms with Crippen molar-refractivity contribution in [2.45, 2.75) is 24.7 Å². The molecular weight excluding hydrogens is 270 g/mol. The molecule has 0 radical (unpaired) electrons. The Morgan fingerprint density at radius 3 is 2.75 bits per heavy atom. The highest BCUT2D eigenvalue weighted by atomic mass is 35.5. The number of piperidine rings is 1. The van der Waals surface area contributed by atoms with E-state index in [1.165, 1.54) is 37.2 Å². The van der Waals surface area contributed by atoms with Crippen LogP contribution in [0, 0.1) is 0 Å². The monoisotopic (exact) mass is 293 g/mol. The number of hydrogen-bond donors (Lipinski definition) is 1. The van der Waals surface area contributed by atoms with E-state index in [9.17, 15) is 0 Å². The summed E-state index contributed by atoms with van der Waals surface area (Å²) in [4.78, 5) is 4.95. The maximum atomic E-state index is 6.23. The number of fused-ring (bicyclic) bond motifs is 2. The van der Waals surface area contributed by atoms with Crippen LogP contribution in [0.1, 0.15) is 24.8 Å². The van der Waals surface area contributed by atoms with Gasteiger partial charge in [0.1, 0.15) is 0 Å². The number of likely N-dealkylation sites (tertiary alicyclic amines) is 1. The first-order valence-corrected chi connectivity index (χ1v) is 7.96. The normalized spacial score (nSPS) is 21.4. The molecule has 0 atom stereocenters. The first kappa shape index (κ1) is 14.2. The molecule has 4 heteroatoms. The number of rotatable bonds is 3. The zero-order valence-electron chi connectivity index (χ0n) is 12.2. The SMILES string of the molecule is CN1CC2(CCN(CCCN)CC2)c2cc(Cl)ccc21. The van der Waals surface area contributed by atoms with Crippen LogP contribution in [0.15, 0.2) is 18.2 Å². The predicted molar refractivity (Wildman–Crippen MR) is 85.7 cm³/mol. The van der Waals surface area contributed by atoms with Crippen LogP contribution in [0.25, 0.3) is 0 Å². The van der Waals surface area contributed by atoms with E-state index < -0.39 is 0 Å². The van der Waals surface area contributed by atoms with Crippen molar-refractivity contribution < 1.29 is 0 Å². The fourth-order valence-electron chi connectivity index (χ4n) is 3.84. The summed E-state index contributed by atoms with van der Waals surface area (Å²) in [6, 6.07) is 6.37. The minimum Gasteiger partial charge on any atom is -0.373 e. The summed E-state index contributed by atoms with van der Waals surface area (Å²) in [5, 5.41) is 0.865. The molecule has 0 bridgehead atoms. The second-order valence-electron chi connectivity index (χ2n) is 6.28. The molecule has 110 valence electrons. The molecule has 2 N–H and O–H groups in total. The number of hydrogen-bond acceptors (Lipinski definition) is 3. The zero-order chi connectivity index (χ0) is 14.2. The molecular formula is C16H24ClN3. The van der Waals surface area contributed by atoms with Gasteiger partial charge in [0.2, 0.25) is 0 Å². The van der Waals surface area contributed by atoms with Crippen LogP contribution in [0.5, 0.6) is 0 Å².